The van der Waals surface area contributed by atoms with Crippen molar-refractivity contribution in [1.29, 1.82) is 0 Å². The molecule has 0 bridgehead atoms. The molecule has 18 heavy (non-hydrogen) atoms. The summed E-state index contributed by atoms with van der Waals surface area (Å²) in [7, 11) is 0. The SMILES string of the molecule is Brc1ccccc1CN1CCOC2CCCCC21. The first kappa shape index (κ1) is 12.6. The molecule has 1 aliphatic heterocycles. The lowest BCUT2D eigenvalue weighted by Crippen LogP contribution is -2.52. The van der Waals surface area contributed by atoms with Gasteiger partial charge >= 0.3 is 0 Å². The summed E-state index contributed by atoms with van der Waals surface area (Å²) in [6, 6.07) is 9.19. The Morgan fingerprint density at radius 3 is 2.94 bits per heavy atom. The summed E-state index contributed by atoms with van der Waals surface area (Å²) in [5, 5.41) is 0. The van der Waals surface area contributed by atoms with Crippen molar-refractivity contribution in [3.63, 3.8) is 0 Å². The van der Waals surface area contributed by atoms with Crippen LogP contribution in [0.5, 0.6) is 0 Å². The van der Waals surface area contributed by atoms with Crippen molar-refractivity contribution >= 4 is 15.9 Å². The zero-order chi connectivity index (χ0) is 12.4. The highest BCUT2D eigenvalue weighted by Gasteiger charge is 2.34. The van der Waals surface area contributed by atoms with E-state index in [1.807, 2.05) is 0 Å². The van der Waals surface area contributed by atoms with Crippen LogP contribution in [0.3, 0.4) is 0 Å². The summed E-state index contributed by atoms with van der Waals surface area (Å²) in [5.41, 5.74) is 1.39. The maximum atomic E-state index is 5.93. The minimum Gasteiger partial charge on any atom is -0.375 e. The van der Waals surface area contributed by atoms with E-state index in [0.717, 1.165) is 19.7 Å². The summed E-state index contributed by atoms with van der Waals surface area (Å²) in [6.45, 7) is 3.01. The van der Waals surface area contributed by atoms with Gasteiger partial charge < -0.3 is 4.74 Å². The Morgan fingerprint density at radius 2 is 2.06 bits per heavy atom. The Balaban J connectivity index is 1.73. The van der Waals surface area contributed by atoms with Gasteiger partial charge in [-0.25, -0.2) is 0 Å². The molecule has 0 N–H and O–H groups in total. The molecule has 1 saturated carbocycles. The fourth-order valence-electron chi connectivity index (χ4n) is 3.22. The minimum absolute atomic E-state index is 0.481. The van der Waals surface area contributed by atoms with Crippen molar-refractivity contribution in [2.45, 2.75) is 44.4 Å². The van der Waals surface area contributed by atoms with E-state index in [2.05, 4.69) is 45.1 Å². The quantitative estimate of drug-likeness (QED) is 0.828. The zero-order valence-electron chi connectivity index (χ0n) is 10.6. The predicted molar refractivity (Wildman–Crippen MR) is 76.5 cm³/mol. The Hall–Kier alpha value is -0.380. The van der Waals surface area contributed by atoms with Gasteiger partial charge in [-0.2, -0.15) is 0 Å². The standard InChI is InChI=1S/C15H20BrNO/c16-13-6-2-1-5-12(13)11-17-9-10-18-15-8-4-3-7-14(15)17/h1-2,5-6,14-15H,3-4,7-11H2. The number of fused-ring (bicyclic) bond motifs is 1. The van der Waals surface area contributed by atoms with E-state index in [9.17, 15) is 0 Å². The van der Waals surface area contributed by atoms with Gasteiger partial charge in [-0.05, 0) is 24.5 Å². The molecule has 1 aromatic rings. The molecule has 3 rings (SSSR count). The van der Waals surface area contributed by atoms with Gasteiger partial charge in [0.1, 0.15) is 0 Å². The van der Waals surface area contributed by atoms with Crippen molar-refractivity contribution in [2.24, 2.45) is 0 Å². The van der Waals surface area contributed by atoms with Crippen LogP contribution in [-0.4, -0.2) is 30.2 Å². The molecule has 2 aliphatic rings. The second-order valence-electron chi connectivity index (χ2n) is 5.32. The van der Waals surface area contributed by atoms with Crippen LogP contribution in [0.4, 0.5) is 0 Å². The number of nitrogens with zero attached hydrogens (tertiary/aromatic N) is 1. The number of ether oxygens (including phenoxy) is 1. The average molecular weight is 310 g/mol. The van der Waals surface area contributed by atoms with E-state index < -0.39 is 0 Å². The van der Waals surface area contributed by atoms with Crippen molar-refractivity contribution in [3.8, 4) is 0 Å². The molecular formula is C15H20BrNO. The molecule has 0 amide bonds. The van der Waals surface area contributed by atoms with Crippen LogP contribution in [0, 0.1) is 0 Å². The first-order valence-corrected chi connectivity index (χ1v) is 7.73. The minimum atomic E-state index is 0.481. The average Bonchev–Trinajstić information content (AvgIpc) is 2.42. The van der Waals surface area contributed by atoms with Crippen molar-refractivity contribution in [1.82, 2.24) is 4.90 Å². The van der Waals surface area contributed by atoms with E-state index in [-0.39, 0.29) is 0 Å². The largest absolute Gasteiger partial charge is 0.375 e. The van der Waals surface area contributed by atoms with Gasteiger partial charge in [0.2, 0.25) is 0 Å². The maximum absolute atomic E-state index is 5.93. The smallest absolute Gasteiger partial charge is 0.0731 e. The van der Waals surface area contributed by atoms with Gasteiger partial charge in [-0.1, -0.05) is 47.0 Å². The number of hydrogen-bond donors (Lipinski definition) is 0. The highest BCUT2D eigenvalue weighted by Crippen LogP contribution is 2.30. The first-order valence-electron chi connectivity index (χ1n) is 6.93. The van der Waals surface area contributed by atoms with Crippen molar-refractivity contribution in [2.75, 3.05) is 13.2 Å². The fourth-order valence-corrected chi connectivity index (χ4v) is 3.63. The van der Waals surface area contributed by atoms with Gasteiger partial charge in [0.15, 0.2) is 0 Å². The molecule has 1 aromatic carbocycles. The van der Waals surface area contributed by atoms with Gasteiger partial charge in [0.25, 0.3) is 0 Å². The molecule has 0 aromatic heterocycles. The Morgan fingerprint density at radius 1 is 1.22 bits per heavy atom. The molecule has 1 saturated heterocycles. The second kappa shape index (κ2) is 5.72. The summed E-state index contributed by atoms with van der Waals surface area (Å²) in [4.78, 5) is 2.62. The van der Waals surface area contributed by atoms with E-state index in [4.69, 9.17) is 4.74 Å². The Labute approximate surface area is 117 Å². The lowest BCUT2D eigenvalue weighted by Gasteiger charge is -2.44. The van der Waals surface area contributed by atoms with Crippen LogP contribution >= 0.6 is 15.9 Å². The van der Waals surface area contributed by atoms with Crippen LogP contribution in [0.2, 0.25) is 0 Å². The topological polar surface area (TPSA) is 12.5 Å². The van der Waals surface area contributed by atoms with E-state index in [0.29, 0.717) is 12.1 Å². The lowest BCUT2D eigenvalue weighted by atomic mass is 9.90. The number of hydrogen-bond acceptors (Lipinski definition) is 2. The summed E-state index contributed by atoms with van der Waals surface area (Å²) in [6.07, 6.45) is 5.72. The lowest BCUT2D eigenvalue weighted by molar-refractivity contribution is -0.0911. The second-order valence-corrected chi connectivity index (χ2v) is 6.18. The molecule has 98 valence electrons. The third kappa shape index (κ3) is 2.63. The van der Waals surface area contributed by atoms with E-state index in [1.165, 1.54) is 35.7 Å². The number of morpholine rings is 1. The highest BCUT2D eigenvalue weighted by molar-refractivity contribution is 9.10. The third-order valence-electron chi connectivity index (χ3n) is 4.18. The van der Waals surface area contributed by atoms with Crippen LogP contribution in [-0.2, 0) is 11.3 Å². The van der Waals surface area contributed by atoms with Gasteiger partial charge in [-0.3, -0.25) is 4.90 Å². The monoisotopic (exact) mass is 309 g/mol. The Kier molecular flexibility index (Phi) is 4.02. The van der Waals surface area contributed by atoms with E-state index in [1.54, 1.807) is 0 Å². The molecule has 1 aliphatic carbocycles. The highest BCUT2D eigenvalue weighted by atomic mass is 79.9. The molecule has 2 fully saturated rings. The number of rotatable bonds is 2. The molecule has 2 unspecified atom stereocenters. The first-order chi connectivity index (χ1) is 8.84. The summed E-state index contributed by atoms with van der Waals surface area (Å²) >= 11 is 3.65. The molecule has 0 spiro atoms. The van der Waals surface area contributed by atoms with Gasteiger partial charge in [0.05, 0.1) is 12.7 Å². The van der Waals surface area contributed by atoms with Gasteiger partial charge in [0, 0.05) is 23.6 Å². The molecular weight excluding hydrogens is 290 g/mol. The van der Waals surface area contributed by atoms with Gasteiger partial charge in [-0.15, -0.1) is 0 Å². The molecule has 1 heterocycles. The van der Waals surface area contributed by atoms with Crippen LogP contribution in [0.15, 0.2) is 28.7 Å². The predicted octanol–water partition coefficient (Wildman–Crippen LogP) is 3.59. The normalized spacial score (nSPS) is 28.9. The zero-order valence-corrected chi connectivity index (χ0v) is 12.2. The third-order valence-corrected chi connectivity index (χ3v) is 4.95. The summed E-state index contributed by atoms with van der Waals surface area (Å²) < 4.78 is 7.15. The molecule has 2 atom stereocenters. The van der Waals surface area contributed by atoms with Crippen LogP contribution < -0.4 is 0 Å². The molecule has 0 radical (unpaired) electrons. The van der Waals surface area contributed by atoms with Crippen molar-refractivity contribution < 1.29 is 4.74 Å². The van der Waals surface area contributed by atoms with Crippen LogP contribution in [0.25, 0.3) is 0 Å². The Bertz CT molecular complexity index is 407. The van der Waals surface area contributed by atoms with Crippen LogP contribution in [0.1, 0.15) is 31.2 Å². The molecule has 3 heteroatoms. The fraction of sp³-hybridized carbons (Fsp3) is 0.600. The van der Waals surface area contributed by atoms with Crippen molar-refractivity contribution in [3.05, 3.63) is 34.3 Å². The number of halogens is 1. The van der Waals surface area contributed by atoms with E-state index >= 15 is 0 Å². The maximum Gasteiger partial charge on any atom is 0.0731 e. The number of benzene rings is 1. The summed E-state index contributed by atoms with van der Waals surface area (Å²) in [5.74, 6) is 0. The molecule has 2 nitrogen and oxygen atoms in total.